The second-order valence-corrected chi connectivity index (χ2v) is 5.97. The molecule has 0 radical (unpaired) electrons. The van der Waals surface area contributed by atoms with E-state index in [1.165, 1.54) is 0 Å². The van der Waals surface area contributed by atoms with Crippen LogP contribution in [0.3, 0.4) is 0 Å². The number of amides is 1. The molecule has 0 spiro atoms. The fourth-order valence-corrected chi connectivity index (χ4v) is 2.74. The lowest BCUT2D eigenvalue weighted by atomic mass is 10.2. The lowest BCUT2D eigenvalue weighted by Gasteiger charge is -2.02. The molecule has 0 aliphatic rings. The molecule has 8 heteroatoms. The molecule has 0 atom stereocenters. The second kappa shape index (κ2) is 6.93. The number of furan rings is 1. The van der Waals surface area contributed by atoms with Crippen LogP contribution in [0.2, 0.25) is 0 Å². The van der Waals surface area contributed by atoms with Gasteiger partial charge in [-0.25, -0.2) is 0 Å². The minimum absolute atomic E-state index is 0.203. The summed E-state index contributed by atoms with van der Waals surface area (Å²) in [6, 6.07) is 10.7. The first kappa shape index (κ1) is 15.7. The van der Waals surface area contributed by atoms with Crippen LogP contribution in [-0.4, -0.2) is 21.9 Å². The van der Waals surface area contributed by atoms with Crippen molar-refractivity contribution in [1.82, 2.24) is 9.36 Å². The Morgan fingerprint density at radius 1 is 1.30 bits per heavy atom. The first-order valence-electron chi connectivity index (χ1n) is 6.79. The Morgan fingerprint density at radius 2 is 2.09 bits per heavy atom. The quantitative estimate of drug-likeness (QED) is 0.702. The van der Waals surface area contributed by atoms with Gasteiger partial charge >= 0.3 is 0 Å². The molecule has 1 N–H and O–H groups in total. The van der Waals surface area contributed by atoms with Crippen molar-refractivity contribution in [2.24, 2.45) is 0 Å². The predicted molar refractivity (Wildman–Crippen MR) is 90.9 cm³/mol. The first-order chi connectivity index (χ1) is 11.2. The highest BCUT2D eigenvalue weighted by Gasteiger charge is 2.14. The van der Waals surface area contributed by atoms with Crippen LogP contribution >= 0.6 is 27.5 Å². The van der Waals surface area contributed by atoms with Gasteiger partial charge in [0.25, 0.3) is 5.91 Å². The number of hydrogen-bond donors (Lipinski definition) is 1. The maximum absolute atomic E-state index is 12.0. The van der Waals surface area contributed by atoms with Gasteiger partial charge in [0.05, 0.1) is 6.61 Å². The van der Waals surface area contributed by atoms with Crippen LogP contribution in [0.5, 0.6) is 5.75 Å². The Morgan fingerprint density at radius 3 is 2.74 bits per heavy atom. The number of anilines is 1. The Balaban J connectivity index is 1.71. The molecule has 0 saturated heterocycles. The molecule has 2 heterocycles. The van der Waals surface area contributed by atoms with E-state index in [1.807, 2.05) is 31.2 Å². The van der Waals surface area contributed by atoms with E-state index < -0.39 is 0 Å². The number of rotatable bonds is 5. The van der Waals surface area contributed by atoms with Crippen molar-refractivity contribution < 1.29 is 13.9 Å². The molecule has 0 bridgehead atoms. The Bertz CT molecular complexity index is 813. The highest BCUT2D eigenvalue weighted by atomic mass is 79.9. The summed E-state index contributed by atoms with van der Waals surface area (Å²) in [6.45, 7) is 2.55. The lowest BCUT2D eigenvalue weighted by Crippen LogP contribution is -2.10. The maximum Gasteiger partial charge on any atom is 0.293 e. The molecule has 6 nitrogen and oxygen atoms in total. The zero-order valence-electron chi connectivity index (χ0n) is 12.1. The number of ether oxygens (including phenoxy) is 1. The van der Waals surface area contributed by atoms with Gasteiger partial charge < -0.3 is 9.15 Å². The SMILES string of the molecule is CCOc1ccc(-c2nsc(NC(=O)c3ccc(Br)o3)n2)cc1. The van der Waals surface area contributed by atoms with Gasteiger partial charge in [-0.15, -0.1) is 0 Å². The van der Waals surface area contributed by atoms with E-state index in [9.17, 15) is 4.79 Å². The third kappa shape index (κ3) is 3.77. The third-order valence-corrected chi connectivity index (χ3v) is 3.92. The fourth-order valence-electron chi connectivity index (χ4n) is 1.85. The molecular weight excluding hydrogens is 382 g/mol. The first-order valence-corrected chi connectivity index (χ1v) is 8.36. The van der Waals surface area contributed by atoms with Gasteiger partial charge in [0.15, 0.2) is 16.3 Å². The van der Waals surface area contributed by atoms with E-state index in [1.54, 1.807) is 12.1 Å². The molecule has 1 aromatic carbocycles. The van der Waals surface area contributed by atoms with E-state index in [0.29, 0.717) is 22.2 Å². The predicted octanol–water partition coefficient (Wildman–Crippen LogP) is 4.21. The molecule has 3 aromatic rings. The summed E-state index contributed by atoms with van der Waals surface area (Å²) in [4.78, 5) is 16.3. The Hall–Kier alpha value is -2.19. The zero-order chi connectivity index (χ0) is 16.2. The van der Waals surface area contributed by atoms with Crippen LogP contribution in [0.4, 0.5) is 5.13 Å². The third-order valence-electron chi connectivity index (χ3n) is 2.87. The van der Waals surface area contributed by atoms with Gasteiger partial charge in [0, 0.05) is 17.1 Å². The zero-order valence-corrected chi connectivity index (χ0v) is 14.5. The Labute approximate surface area is 144 Å². The van der Waals surface area contributed by atoms with E-state index in [-0.39, 0.29) is 11.7 Å². The normalized spacial score (nSPS) is 10.5. The van der Waals surface area contributed by atoms with E-state index >= 15 is 0 Å². The van der Waals surface area contributed by atoms with Gasteiger partial charge in [-0.05, 0) is 59.3 Å². The van der Waals surface area contributed by atoms with Gasteiger partial charge in [-0.3, -0.25) is 10.1 Å². The van der Waals surface area contributed by atoms with Gasteiger partial charge in [0.1, 0.15) is 5.75 Å². The van der Waals surface area contributed by atoms with Gasteiger partial charge in [0.2, 0.25) is 5.13 Å². The van der Waals surface area contributed by atoms with Crippen molar-refractivity contribution in [3.8, 4) is 17.1 Å². The molecule has 0 fully saturated rings. The summed E-state index contributed by atoms with van der Waals surface area (Å²) in [5, 5.41) is 3.07. The summed E-state index contributed by atoms with van der Waals surface area (Å²) in [5.74, 6) is 1.18. The van der Waals surface area contributed by atoms with Gasteiger partial charge in [-0.2, -0.15) is 9.36 Å². The number of nitrogens with one attached hydrogen (secondary N) is 1. The molecule has 3 rings (SSSR count). The number of hydrogen-bond acceptors (Lipinski definition) is 6. The van der Waals surface area contributed by atoms with Crippen LogP contribution in [-0.2, 0) is 0 Å². The number of benzene rings is 1. The molecular formula is C15H12BrN3O3S. The summed E-state index contributed by atoms with van der Waals surface area (Å²) < 4.78 is 15.3. The summed E-state index contributed by atoms with van der Waals surface area (Å²) >= 11 is 4.27. The van der Waals surface area contributed by atoms with E-state index in [0.717, 1.165) is 22.8 Å². The lowest BCUT2D eigenvalue weighted by molar-refractivity contribution is 0.0995. The van der Waals surface area contributed by atoms with E-state index in [4.69, 9.17) is 9.15 Å². The maximum atomic E-state index is 12.0. The van der Waals surface area contributed by atoms with Crippen molar-refractivity contribution >= 4 is 38.5 Å². The smallest absolute Gasteiger partial charge is 0.293 e. The fraction of sp³-hybridized carbons (Fsp3) is 0.133. The van der Waals surface area contributed by atoms with E-state index in [2.05, 4.69) is 30.6 Å². The minimum Gasteiger partial charge on any atom is -0.494 e. The second-order valence-electron chi connectivity index (χ2n) is 4.44. The van der Waals surface area contributed by atoms with Crippen molar-refractivity contribution in [3.63, 3.8) is 0 Å². The molecule has 23 heavy (non-hydrogen) atoms. The number of carbonyl (C=O) groups excluding carboxylic acids is 1. The number of nitrogens with zero attached hydrogens (tertiary/aromatic N) is 2. The van der Waals surface area contributed by atoms with Crippen LogP contribution < -0.4 is 10.1 Å². The molecule has 0 aliphatic carbocycles. The summed E-state index contributed by atoms with van der Waals surface area (Å²) in [7, 11) is 0. The number of aromatic nitrogens is 2. The largest absolute Gasteiger partial charge is 0.494 e. The molecule has 1 amide bonds. The van der Waals surface area contributed by atoms with Crippen molar-refractivity contribution in [3.05, 3.63) is 46.8 Å². The highest BCUT2D eigenvalue weighted by Crippen LogP contribution is 2.24. The number of carbonyl (C=O) groups is 1. The van der Waals surface area contributed by atoms with Crippen LogP contribution in [0.15, 0.2) is 45.5 Å². The van der Waals surface area contributed by atoms with Crippen molar-refractivity contribution in [2.45, 2.75) is 6.92 Å². The highest BCUT2D eigenvalue weighted by molar-refractivity contribution is 9.10. The minimum atomic E-state index is -0.370. The molecule has 118 valence electrons. The molecule has 0 unspecified atom stereocenters. The topological polar surface area (TPSA) is 77.2 Å². The monoisotopic (exact) mass is 393 g/mol. The summed E-state index contributed by atoms with van der Waals surface area (Å²) in [5.41, 5.74) is 0.853. The molecule has 0 saturated carbocycles. The average Bonchev–Trinajstić information content (AvgIpc) is 3.18. The average molecular weight is 394 g/mol. The van der Waals surface area contributed by atoms with Crippen LogP contribution in [0, 0.1) is 0 Å². The van der Waals surface area contributed by atoms with Crippen molar-refractivity contribution in [2.75, 3.05) is 11.9 Å². The van der Waals surface area contributed by atoms with Crippen molar-refractivity contribution in [1.29, 1.82) is 0 Å². The Kier molecular flexibility index (Phi) is 4.73. The molecule has 0 aliphatic heterocycles. The van der Waals surface area contributed by atoms with Gasteiger partial charge in [-0.1, -0.05) is 0 Å². The van der Waals surface area contributed by atoms with Crippen LogP contribution in [0.25, 0.3) is 11.4 Å². The molecule has 2 aromatic heterocycles. The summed E-state index contributed by atoms with van der Waals surface area (Å²) in [6.07, 6.45) is 0. The van der Waals surface area contributed by atoms with Crippen LogP contribution in [0.1, 0.15) is 17.5 Å². The standard InChI is InChI=1S/C15H12BrN3O3S/c1-2-21-10-5-3-9(4-6-10)13-17-15(23-19-13)18-14(20)11-7-8-12(16)22-11/h3-8H,2H2,1H3,(H,17,18,19,20). The number of halogens is 1.